The van der Waals surface area contributed by atoms with Gasteiger partial charge in [-0.15, -0.1) is 0 Å². The zero-order valence-corrected chi connectivity index (χ0v) is 3.09. The van der Waals surface area contributed by atoms with Crippen LogP contribution < -0.4 is 0 Å². The fourth-order valence-corrected chi connectivity index (χ4v) is 0.0823. The first kappa shape index (κ1) is 4.99. The van der Waals surface area contributed by atoms with E-state index in [1.807, 2.05) is 0 Å². The largest absolute Gasteiger partial charge is 0.516 e. The first-order valence-electron chi connectivity index (χ1n) is 1.42. The van der Waals surface area contributed by atoms with Gasteiger partial charge in [0, 0.05) is 6.08 Å². The zero-order valence-electron chi connectivity index (χ0n) is 3.09. The third-order valence-electron chi connectivity index (χ3n) is 0.250. The Balaban J connectivity index is 3.33. The van der Waals surface area contributed by atoms with E-state index in [4.69, 9.17) is 5.11 Å². The summed E-state index contributed by atoms with van der Waals surface area (Å²) in [6, 6.07) is 0. The number of allylic oxidation sites excluding steroid dienone is 2. The molecule has 32 valence electrons. The van der Waals surface area contributed by atoms with Crippen LogP contribution in [0, 0.1) is 0 Å². The highest BCUT2D eigenvalue weighted by Gasteiger charge is 1.51. The van der Waals surface area contributed by atoms with Crippen molar-refractivity contribution in [1.82, 2.24) is 0 Å². The molecule has 0 rings (SSSR count). The smallest absolute Gasteiger partial charge is 0.124 e. The molecule has 0 amide bonds. The average molecular weight is 84.1 g/mol. The number of rotatable bonds is 1. The molecule has 0 aromatic heterocycles. The van der Waals surface area contributed by atoms with E-state index >= 15 is 0 Å². The summed E-state index contributed by atoms with van der Waals surface area (Å²) in [7, 11) is 0. The molecule has 0 saturated heterocycles. The van der Waals surface area contributed by atoms with Crippen molar-refractivity contribution in [2.45, 2.75) is 0 Å². The van der Waals surface area contributed by atoms with Gasteiger partial charge in [-0.2, -0.15) is 0 Å². The minimum absolute atomic E-state index is 0.769. The predicted octanol–water partition coefficient (Wildman–Crippen LogP) is 0.446. The van der Waals surface area contributed by atoms with E-state index in [1.54, 1.807) is 0 Å². The van der Waals surface area contributed by atoms with Gasteiger partial charge in [0.25, 0.3) is 0 Å². The van der Waals surface area contributed by atoms with Crippen molar-refractivity contribution >= 4 is 5.94 Å². The summed E-state index contributed by atoms with van der Waals surface area (Å²) in [6.45, 7) is 0. The fraction of sp³-hybridized carbons (Fsp3) is 0. The highest BCUT2D eigenvalue weighted by molar-refractivity contribution is 5.48. The Kier molecular flexibility index (Phi) is 3.32. The van der Waals surface area contributed by atoms with Gasteiger partial charge in [-0.3, -0.25) is 0 Å². The van der Waals surface area contributed by atoms with Gasteiger partial charge < -0.3 is 5.11 Å². The second kappa shape index (κ2) is 3.99. The van der Waals surface area contributed by atoms with Crippen LogP contribution in [0.2, 0.25) is 0 Å². The van der Waals surface area contributed by atoms with E-state index in [9.17, 15) is 4.79 Å². The van der Waals surface area contributed by atoms with Crippen molar-refractivity contribution in [2.75, 3.05) is 0 Å². The molecule has 0 radical (unpaired) electrons. The van der Waals surface area contributed by atoms with Gasteiger partial charge in [0.15, 0.2) is 0 Å². The molecule has 6 heavy (non-hydrogen) atoms. The SMILES string of the molecule is O=C=CC=CO. The summed E-state index contributed by atoms with van der Waals surface area (Å²) in [5.41, 5.74) is 0. The average Bonchev–Trinajstić information content (AvgIpc) is 1.61. The van der Waals surface area contributed by atoms with E-state index in [2.05, 4.69) is 0 Å². The molecule has 0 saturated carbocycles. The topological polar surface area (TPSA) is 37.3 Å². The molecule has 1 N–H and O–H groups in total. The third kappa shape index (κ3) is 2.99. The van der Waals surface area contributed by atoms with Crippen LogP contribution >= 0.6 is 0 Å². The Morgan fingerprint density at radius 1 is 1.67 bits per heavy atom. The second-order valence-electron chi connectivity index (χ2n) is 0.626. The summed E-state index contributed by atoms with van der Waals surface area (Å²) >= 11 is 0. The normalized spacial score (nSPS) is 8.00. The number of hydrogen-bond donors (Lipinski definition) is 1. The minimum atomic E-state index is 0.769. The van der Waals surface area contributed by atoms with Gasteiger partial charge in [0.05, 0.1) is 6.26 Å². The van der Waals surface area contributed by atoms with Crippen molar-refractivity contribution in [1.29, 1.82) is 0 Å². The maximum atomic E-state index is 9.22. The van der Waals surface area contributed by atoms with Crippen LogP contribution in [0.15, 0.2) is 18.4 Å². The molecule has 0 aliphatic heterocycles. The molecule has 0 bridgehead atoms. The Morgan fingerprint density at radius 2 is 2.33 bits per heavy atom. The lowest BCUT2D eigenvalue weighted by Crippen LogP contribution is -1.47. The van der Waals surface area contributed by atoms with Crippen LogP contribution in [0.4, 0.5) is 0 Å². The Morgan fingerprint density at radius 3 is 2.50 bits per heavy atom. The fourth-order valence-electron chi connectivity index (χ4n) is 0.0823. The van der Waals surface area contributed by atoms with Crippen molar-refractivity contribution < 1.29 is 9.90 Å². The second-order valence-corrected chi connectivity index (χ2v) is 0.626. The Bertz CT molecular complexity index is 87.7. The standard InChI is InChI=1S/C4H4O2/c5-3-1-2-4-6/h1-3,5H. The molecule has 0 aromatic rings. The molecule has 0 atom stereocenters. The first-order chi connectivity index (χ1) is 2.91. The van der Waals surface area contributed by atoms with Crippen molar-refractivity contribution in [3.05, 3.63) is 18.4 Å². The highest BCUT2D eigenvalue weighted by atomic mass is 16.2. The molecular weight excluding hydrogens is 80.0 g/mol. The van der Waals surface area contributed by atoms with Crippen LogP contribution in [-0.2, 0) is 4.79 Å². The highest BCUT2D eigenvalue weighted by Crippen LogP contribution is 1.60. The lowest BCUT2D eigenvalue weighted by Gasteiger charge is -1.56. The van der Waals surface area contributed by atoms with Gasteiger partial charge >= 0.3 is 0 Å². The predicted molar refractivity (Wildman–Crippen MR) is 22.0 cm³/mol. The Hall–Kier alpha value is -1.01. The van der Waals surface area contributed by atoms with Crippen LogP contribution in [-0.4, -0.2) is 11.0 Å². The van der Waals surface area contributed by atoms with Crippen LogP contribution in [0.3, 0.4) is 0 Å². The lowest BCUT2D eigenvalue weighted by molar-refractivity contribution is 0.473. The van der Waals surface area contributed by atoms with Crippen LogP contribution in [0.5, 0.6) is 0 Å². The maximum Gasteiger partial charge on any atom is 0.124 e. The van der Waals surface area contributed by atoms with E-state index in [0.717, 1.165) is 12.3 Å². The number of carbonyl (C=O) groups excluding carboxylic acids is 1. The molecule has 0 spiro atoms. The Labute approximate surface area is 35.4 Å². The summed E-state index contributed by atoms with van der Waals surface area (Å²) in [5.74, 6) is 1.45. The summed E-state index contributed by atoms with van der Waals surface area (Å²) < 4.78 is 0. The van der Waals surface area contributed by atoms with Gasteiger partial charge in [-0.1, -0.05) is 0 Å². The van der Waals surface area contributed by atoms with Gasteiger partial charge in [-0.25, -0.2) is 4.79 Å². The lowest BCUT2D eigenvalue weighted by atomic mass is 10.6. The van der Waals surface area contributed by atoms with E-state index in [1.165, 1.54) is 12.0 Å². The molecular formula is C4H4O2. The number of aliphatic hydroxyl groups is 1. The summed E-state index contributed by atoms with van der Waals surface area (Å²) in [5, 5.41) is 7.81. The molecule has 0 heterocycles. The molecule has 0 aliphatic rings. The molecule has 0 aliphatic carbocycles. The number of hydrogen-bond acceptors (Lipinski definition) is 2. The van der Waals surface area contributed by atoms with Crippen molar-refractivity contribution in [3.8, 4) is 0 Å². The molecule has 0 unspecified atom stereocenters. The van der Waals surface area contributed by atoms with Gasteiger partial charge in [0.2, 0.25) is 0 Å². The van der Waals surface area contributed by atoms with Crippen LogP contribution in [0.1, 0.15) is 0 Å². The maximum absolute atomic E-state index is 9.22. The molecule has 0 fully saturated rings. The number of aliphatic hydroxyl groups excluding tert-OH is 1. The van der Waals surface area contributed by atoms with Crippen LogP contribution in [0.25, 0.3) is 0 Å². The van der Waals surface area contributed by atoms with Crippen molar-refractivity contribution in [2.24, 2.45) is 0 Å². The molecule has 0 aromatic carbocycles. The summed E-state index contributed by atoms with van der Waals surface area (Å²) in [6.07, 6.45) is 3.03. The summed E-state index contributed by atoms with van der Waals surface area (Å²) in [4.78, 5) is 9.22. The van der Waals surface area contributed by atoms with E-state index in [-0.39, 0.29) is 0 Å². The van der Waals surface area contributed by atoms with Gasteiger partial charge in [-0.05, 0) is 6.08 Å². The first-order valence-corrected chi connectivity index (χ1v) is 1.42. The van der Waals surface area contributed by atoms with E-state index < -0.39 is 0 Å². The quantitative estimate of drug-likeness (QED) is 0.284. The zero-order chi connectivity index (χ0) is 4.83. The minimum Gasteiger partial charge on any atom is -0.516 e. The third-order valence-corrected chi connectivity index (χ3v) is 0.250. The monoisotopic (exact) mass is 84.0 g/mol. The van der Waals surface area contributed by atoms with Crippen molar-refractivity contribution in [3.63, 3.8) is 0 Å². The van der Waals surface area contributed by atoms with Gasteiger partial charge in [0.1, 0.15) is 5.94 Å². The molecule has 2 nitrogen and oxygen atoms in total. The van der Waals surface area contributed by atoms with E-state index in [0.29, 0.717) is 0 Å². The molecule has 2 heteroatoms.